The third-order valence-electron chi connectivity index (χ3n) is 10.6. The second-order valence-electron chi connectivity index (χ2n) is 15.7. The number of likely N-dealkylation sites (N-methyl/N-ethyl adjacent to an activating group) is 1. The molecule has 0 bridgehead atoms. The van der Waals surface area contributed by atoms with Crippen LogP contribution in [0.2, 0.25) is 0 Å². The Bertz CT molecular complexity index is 2690. The van der Waals surface area contributed by atoms with E-state index >= 15 is 0 Å². The molecule has 0 fully saturated rings. The number of carbonyl (C=O) groups excluding carboxylic acids is 4. The van der Waals surface area contributed by atoms with Gasteiger partial charge in [0, 0.05) is 37.3 Å². The molecule has 6 aromatic rings. The van der Waals surface area contributed by atoms with Crippen molar-refractivity contribution in [2.24, 2.45) is 11.5 Å². The zero-order valence-electron chi connectivity index (χ0n) is 36.3. The van der Waals surface area contributed by atoms with Crippen molar-refractivity contribution in [2.75, 3.05) is 51.0 Å². The Balaban J connectivity index is 1.22. The number of amides is 4. The third kappa shape index (κ3) is 9.49. The lowest BCUT2D eigenvalue weighted by Crippen LogP contribution is -2.34. The molecule has 5 heterocycles. The Labute approximate surface area is 362 Å². The van der Waals surface area contributed by atoms with Crippen LogP contribution in [0.15, 0.2) is 36.4 Å². The molecular formula is C42H54N14O7. The van der Waals surface area contributed by atoms with Crippen molar-refractivity contribution in [3.63, 3.8) is 0 Å². The fourth-order valence-electron chi connectivity index (χ4n) is 7.79. The fraction of sp³-hybridized carbons (Fsp3) is 0.429. The van der Waals surface area contributed by atoms with E-state index in [4.69, 9.17) is 30.9 Å². The summed E-state index contributed by atoms with van der Waals surface area (Å²) in [6.45, 7) is 9.72. The number of aromatic nitrogens is 8. The number of hydrogen-bond donors (Lipinski definition) is 6. The van der Waals surface area contributed by atoms with Crippen LogP contribution in [0.5, 0.6) is 11.5 Å². The van der Waals surface area contributed by atoms with Crippen LogP contribution in [-0.2, 0) is 24.4 Å². The van der Waals surface area contributed by atoms with Gasteiger partial charge in [-0.2, -0.15) is 10.2 Å². The minimum absolute atomic E-state index is 0.110. The molecule has 0 saturated heterocycles. The number of ether oxygens (including phenoxy) is 2. The highest BCUT2D eigenvalue weighted by molar-refractivity contribution is 6.05. The molecule has 8 N–H and O–H groups in total. The maximum absolute atomic E-state index is 13.9. The maximum atomic E-state index is 13.9. The summed E-state index contributed by atoms with van der Waals surface area (Å²) >= 11 is 0. The van der Waals surface area contributed by atoms with E-state index in [1.165, 1.54) is 0 Å². The number of aliphatic hydroxyl groups excluding tert-OH is 1. The van der Waals surface area contributed by atoms with Crippen molar-refractivity contribution in [3.8, 4) is 11.5 Å². The van der Waals surface area contributed by atoms with Gasteiger partial charge in [-0.25, -0.2) is 9.97 Å². The van der Waals surface area contributed by atoms with Crippen molar-refractivity contribution in [1.82, 2.24) is 48.9 Å². The van der Waals surface area contributed by atoms with Crippen molar-refractivity contribution >= 4 is 57.6 Å². The van der Waals surface area contributed by atoms with E-state index in [-0.39, 0.29) is 49.2 Å². The van der Waals surface area contributed by atoms with Gasteiger partial charge in [-0.15, -0.1) is 0 Å². The number of nitrogens with zero attached hydrogens (tertiary/aromatic N) is 9. The van der Waals surface area contributed by atoms with E-state index in [9.17, 15) is 24.3 Å². The first kappa shape index (κ1) is 44.2. The Morgan fingerprint density at radius 2 is 1.54 bits per heavy atom. The standard InChI is InChI=1S/C42H54N14O7/c1-7-54-30(15-23(3)50-54)39(60)48-41-46-28-17-25(37(43)58)19-32(62-14-10-12-45-34(57)21-52(5)6)35(28)53(41)13-9-11-27-22-63-33-20-26(38(44)59)18-29-36(33)56(27)42(47-29)49-40(61)31-16-24(4)51-55(31)8-2/h15-20,27,37,58H,7-14,21-22,43H2,1-6H3,(H2,44,59)(H,45,57)(H,46,48,60)(H,47,49,61)/t27-,37?/m0/s1. The number of anilines is 2. The van der Waals surface area contributed by atoms with Gasteiger partial charge in [-0.3, -0.25) is 39.2 Å². The molecule has 63 heavy (non-hydrogen) atoms. The van der Waals surface area contributed by atoms with Crippen LogP contribution >= 0.6 is 0 Å². The number of imidazole rings is 2. The number of aliphatic hydroxyl groups is 1. The molecule has 0 radical (unpaired) electrons. The van der Waals surface area contributed by atoms with Gasteiger partial charge in [0.15, 0.2) is 0 Å². The van der Waals surface area contributed by atoms with Crippen molar-refractivity contribution in [2.45, 2.75) is 78.9 Å². The summed E-state index contributed by atoms with van der Waals surface area (Å²) in [7, 11) is 3.63. The monoisotopic (exact) mass is 866 g/mol. The third-order valence-corrected chi connectivity index (χ3v) is 10.6. The van der Waals surface area contributed by atoms with E-state index in [1.54, 1.807) is 50.7 Å². The Morgan fingerprint density at radius 1 is 0.905 bits per heavy atom. The quantitative estimate of drug-likeness (QED) is 0.0506. The van der Waals surface area contributed by atoms with Gasteiger partial charge < -0.3 is 45.4 Å². The highest BCUT2D eigenvalue weighted by atomic mass is 16.5. The molecule has 1 unspecified atom stereocenters. The number of nitrogens with two attached hydrogens (primary N) is 2. The topological polar surface area (TPSA) is 270 Å². The lowest BCUT2D eigenvalue weighted by atomic mass is 10.1. The average Bonchev–Trinajstić information content (AvgIpc) is 4.01. The Hall–Kier alpha value is -6.84. The normalized spacial score (nSPS) is 14.0. The molecule has 4 aromatic heterocycles. The maximum Gasteiger partial charge on any atom is 0.276 e. The summed E-state index contributed by atoms with van der Waals surface area (Å²) in [6, 6.07) is 9.50. The second kappa shape index (κ2) is 18.6. The molecule has 0 aliphatic carbocycles. The van der Waals surface area contributed by atoms with Gasteiger partial charge in [-0.1, -0.05) is 0 Å². The number of primary amides is 1. The predicted octanol–water partition coefficient (Wildman–Crippen LogP) is 2.85. The molecule has 2 atom stereocenters. The van der Waals surface area contributed by atoms with Crippen molar-refractivity contribution in [3.05, 3.63) is 70.3 Å². The number of fused-ring (bicyclic) bond motifs is 1. The minimum Gasteiger partial charge on any atom is -0.491 e. The largest absolute Gasteiger partial charge is 0.491 e. The first-order chi connectivity index (χ1) is 30.1. The summed E-state index contributed by atoms with van der Waals surface area (Å²) in [5.41, 5.74) is 16.3. The van der Waals surface area contributed by atoms with Crippen LogP contribution in [0.1, 0.15) is 93.7 Å². The molecule has 4 amide bonds. The van der Waals surface area contributed by atoms with Crippen LogP contribution in [-0.4, -0.2) is 113 Å². The summed E-state index contributed by atoms with van der Waals surface area (Å²) in [5, 5.41) is 28.2. The summed E-state index contributed by atoms with van der Waals surface area (Å²) < 4.78 is 19.6. The summed E-state index contributed by atoms with van der Waals surface area (Å²) in [4.78, 5) is 63.5. The summed E-state index contributed by atoms with van der Waals surface area (Å²) in [5.74, 6) is -0.306. The molecule has 0 spiro atoms. The summed E-state index contributed by atoms with van der Waals surface area (Å²) in [6.07, 6.45) is 0.135. The van der Waals surface area contributed by atoms with Crippen LogP contribution in [0.3, 0.4) is 0 Å². The predicted molar refractivity (Wildman–Crippen MR) is 234 cm³/mol. The number of hydrogen-bond acceptors (Lipinski definition) is 13. The average molecular weight is 867 g/mol. The van der Waals surface area contributed by atoms with Gasteiger partial charge in [0.25, 0.3) is 11.8 Å². The molecule has 1 aliphatic rings. The Kier molecular flexibility index (Phi) is 13.1. The van der Waals surface area contributed by atoms with E-state index in [0.717, 1.165) is 0 Å². The SMILES string of the molecule is CCn1nc(C)cc1C(=O)Nc1nc2cc(C(N)O)cc(OCCCNC(=O)CN(C)C)c2n1CCC[C@H]1COc2cc(C(N)=O)cc3nc(NC(=O)c4cc(C)nn4CC)n1c23. The van der Waals surface area contributed by atoms with Crippen LogP contribution in [0.4, 0.5) is 11.9 Å². The molecule has 2 aromatic carbocycles. The van der Waals surface area contributed by atoms with Crippen molar-refractivity contribution in [1.29, 1.82) is 0 Å². The van der Waals surface area contributed by atoms with Gasteiger partial charge in [0.1, 0.15) is 46.8 Å². The minimum atomic E-state index is -1.34. The first-order valence-corrected chi connectivity index (χ1v) is 20.9. The number of nitrogens with one attached hydrogen (secondary N) is 3. The zero-order valence-corrected chi connectivity index (χ0v) is 36.3. The van der Waals surface area contributed by atoms with E-state index in [0.29, 0.717) is 107 Å². The van der Waals surface area contributed by atoms with Gasteiger partial charge in [0.05, 0.1) is 41.6 Å². The van der Waals surface area contributed by atoms with Crippen molar-refractivity contribution < 1.29 is 33.8 Å². The van der Waals surface area contributed by atoms with Gasteiger partial charge in [0.2, 0.25) is 23.7 Å². The second-order valence-corrected chi connectivity index (χ2v) is 15.7. The fourth-order valence-corrected chi connectivity index (χ4v) is 7.79. The number of benzene rings is 2. The highest BCUT2D eigenvalue weighted by Crippen LogP contribution is 2.39. The first-order valence-electron chi connectivity index (χ1n) is 20.9. The molecule has 1 aliphatic heterocycles. The molecule has 21 heteroatoms. The molecule has 334 valence electrons. The van der Waals surface area contributed by atoms with E-state index in [1.807, 2.05) is 50.9 Å². The van der Waals surface area contributed by atoms with Gasteiger partial charge >= 0.3 is 0 Å². The molecule has 7 rings (SSSR count). The lowest BCUT2D eigenvalue weighted by molar-refractivity contribution is -0.121. The smallest absolute Gasteiger partial charge is 0.276 e. The van der Waals surface area contributed by atoms with E-state index < -0.39 is 23.9 Å². The number of rotatable bonds is 19. The molecule has 21 nitrogen and oxygen atoms in total. The number of carbonyl (C=O) groups is 4. The van der Waals surface area contributed by atoms with Crippen LogP contribution in [0, 0.1) is 13.8 Å². The Morgan fingerprint density at radius 3 is 2.16 bits per heavy atom. The van der Waals surface area contributed by atoms with Crippen LogP contribution in [0.25, 0.3) is 22.1 Å². The van der Waals surface area contributed by atoms with Crippen LogP contribution < -0.4 is 36.9 Å². The highest BCUT2D eigenvalue weighted by Gasteiger charge is 2.30. The number of aryl methyl sites for hydroxylation is 5. The lowest BCUT2D eigenvalue weighted by Gasteiger charge is -2.27. The molecular weight excluding hydrogens is 813 g/mol. The van der Waals surface area contributed by atoms with Gasteiger partial charge in [-0.05, 0) is 97.5 Å². The molecule has 0 saturated carbocycles. The zero-order chi connectivity index (χ0) is 45.1. The van der Waals surface area contributed by atoms with E-state index in [2.05, 4.69) is 26.1 Å².